The minimum absolute atomic E-state index is 0.222. The standard InChI is InChI=1S/C11H19N3O5/c1-3-4-8(11(18)19)14-10(17)6-13-9(16)5-12-7(2)15/h8H,3-6H2,1-2H3,(H,12,15)(H,13,16)(H,14,17)(H,18,19). The molecule has 0 aliphatic heterocycles. The van der Waals surface area contributed by atoms with Crippen molar-refractivity contribution in [2.75, 3.05) is 13.1 Å². The molecule has 1 unspecified atom stereocenters. The molecule has 0 aliphatic rings. The molecule has 19 heavy (non-hydrogen) atoms. The summed E-state index contributed by atoms with van der Waals surface area (Å²) in [5, 5.41) is 15.7. The number of hydrogen-bond acceptors (Lipinski definition) is 4. The SMILES string of the molecule is CCCC(NC(=O)CNC(=O)CNC(C)=O)C(=O)O. The molecule has 0 radical (unpaired) electrons. The maximum atomic E-state index is 11.4. The molecular weight excluding hydrogens is 254 g/mol. The molecule has 8 heteroatoms. The number of nitrogens with one attached hydrogen (secondary N) is 3. The highest BCUT2D eigenvalue weighted by Gasteiger charge is 2.18. The van der Waals surface area contributed by atoms with E-state index in [2.05, 4.69) is 16.0 Å². The molecule has 0 aromatic carbocycles. The molecule has 0 saturated carbocycles. The zero-order valence-electron chi connectivity index (χ0n) is 11.0. The number of carbonyl (C=O) groups excluding carboxylic acids is 3. The van der Waals surface area contributed by atoms with Gasteiger partial charge in [0, 0.05) is 6.92 Å². The number of carbonyl (C=O) groups is 4. The van der Waals surface area contributed by atoms with E-state index in [0.29, 0.717) is 12.8 Å². The Labute approximate surface area is 110 Å². The summed E-state index contributed by atoms with van der Waals surface area (Å²) < 4.78 is 0. The maximum absolute atomic E-state index is 11.4. The monoisotopic (exact) mass is 273 g/mol. The third-order valence-corrected chi connectivity index (χ3v) is 2.15. The fourth-order valence-corrected chi connectivity index (χ4v) is 1.24. The van der Waals surface area contributed by atoms with Gasteiger partial charge in [-0.05, 0) is 6.42 Å². The van der Waals surface area contributed by atoms with Crippen LogP contribution in [0.2, 0.25) is 0 Å². The largest absolute Gasteiger partial charge is 0.480 e. The van der Waals surface area contributed by atoms with Crippen molar-refractivity contribution < 1.29 is 24.3 Å². The minimum atomic E-state index is -1.11. The molecule has 108 valence electrons. The van der Waals surface area contributed by atoms with Crippen molar-refractivity contribution >= 4 is 23.7 Å². The Kier molecular flexibility index (Phi) is 7.90. The number of carboxylic acids is 1. The third-order valence-electron chi connectivity index (χ3n) is 2.15. The van der Waals surface area contributed by atoms with Crippen LogP contribution in [0.25, 0.3) is 0 Å². The van der Waals surface area contributed by atoms with Crippen molar-refractivity contribution in [1.82, 2.24) is 16.0 Å². The molecule has 1 atom stereocenters. The van der Waals surface area contributed by atoms with E-state index in [1.807, 2.05) is 0 Å². The van der Waals surface area contributed by atoms with Gasteiger partial charge in [-0.25, -0.2) is 4.79 Å². The van der Waals surface area contributed by atoms with E-state index in [1.165, 1.54) is 6.92 Å². The van der Waals surface area contributed by atoms with Crippen molar-refractivity contribution in [3.05, 3.63) is 0 Å². The minimum Gasteiger partial charge on any atom is -0.480 e. The van der Waals surface area contributed by atoms with Crippen molar-refractivity contribution in [3.63, 3.8) is 0 Å². The average molecular weight is 273 g/mol. The molecule has 0 aromatic heterocycles. The lowest BCUT2D eigenvalue weighted by Gasteiger charge is -2.13. The van der Waals surface area contributed by atoms with Crippen molar-refractivity contribution in [2.45, 2.75) is 32.7 Å². The molecule has 0 bridgehead atoms. The van der Waals surface area contributed by atoms with Gasteiger partial charge in [0.15, 0.2) is 0 Å². The van der Waals surface area contributed by atoms with Crippen LogP contribution in [0.1, 0.15) is 26.7 Å². The van der Waals surface area contributed by atoms with Gasteiger partial charge >= 0.3 is 5.97 Å². The van der Waals surface area contributed by atoms with Crippen LogP contribution < -0.4 is 16.0 Å². The first-order valence-corrected chi connectivity index (χ1v) is 5.90. The summed E-state index contributed by atoms with van der Waals surface area (Å²) in [6.45, 7) is 2.52. The Morgan fingerprint density at radius 1 is 1.05 bits per heavy atom. The number of amides is 3. The topological polar surface area (TPSA) is 125 Å². The Balaban J connectivity index is 4.00. The number of carboxylic acid groups (broad SMARTS) is 1. The quantitative estimate of drug-likeness (QED) is 0.433. The van der Waals surface area contributed by atoms with Gasteiger partial charge < -0.3 is 21.1 Å². The second-order valence-electron chi connectivity index (χ2n) is 3.93. The van der Waals surface area contributed by atoms with E-state index in [9.17, 15) is 19.2 Å². The summed E-state index contributed by atoms with van der Waals surface area (Å²) in [5.74, 6) is -2.57. The molecule has 0 spiro atoms. The lowest BCUT2D eigenvalue weighted by atomic mass is 10.1. The predicted molar refractivity (Wildman–Crippen MR) is 66.2 cm³/mol. The van der Waals surface area contributed by atoms with Crippen LogP contribution in [0.3, 0.4) is 0 Å². The van der Waals surface area contributed by atoms with Gasteiger partial charge in [0.25, 0.3) is 0 Å². The highest BCUT2D eigenvalue weighted by Crippen LogP contribution is 1.96. The number of aliphatic carboxylic acids is 1. The van der Waals surface area contributed by atoms with E-state index < -0.39 is 23.8 Å². The van der Waals surface area contributed by atoms with Gasteiger partial charge in [0.05, 0.1) is 13.1 Å². The first kappa shape index (κ1) is 16.9. The first-order valence-electron chi connectivity index (χ1n) is 5.90. The summed E-state index contributed by atoms with van der Waals surface area (Å²) in [4.78, 5) is 43.9. The fourth-order valence-electron chi connectivity index (χ4n) is 1.24. The lowest BCUT2D eigenvalue weighted by molar-refractivity contribution is -0.142. The van der Waals surface area contributed by atoms with Crippen LogP contribution in [0.15, 0.2) is 0 Å². The zero-order valence-corrected chi connectivity index (χ0v) is 11.0. The van der Waals surface area contributed by atoms with E-state index in [0.717, 1.165) is 0 Å². The first-order chi connectivity index (χ1) is 8.86. The van der Waals surface area contributed by atoms with Crippen LogP contribution in [-0.2, 0) is 19.2 Å². The normalized spacial score (nSPS) is 11.3. The summed E-state index contributed by atoms with van der Waals surface area (Å²) in [5.41, 5.74) is 0. The summed E-state index contributed by atoms with van der Waals surface area (Å²) in [7, 11) is 0. The molecule has 3 amide bonds. The molecule has 8 nitrogen and oxygen atoms in total. The van der Waals surface area contributed by atoms with Gasteiger partial charge in [0.1, 0.15) is 6.04 Å². The molecule has 0 rings (SSSR count). The second kappa shape index (κ2) is 8.90. The lowest BCUT2D eigenvalue weighted by Crippen LogP contribution is -2.46. The number of rotatable bonds is 8. The van der Waals surface area contributed by atoms with E-state index in [1.54, 1.807) is 6.92 Å². The summed E-state index contributed by atoms with van der Waals surface area (Å²) in [6, 6.07) is -0.954. The van der Waals surface area contributed by atoms with Crippen molar-refractivity contribution in [1.29, 1.82) is 0 Å². The second-order valence-corrected chi connectivity index (χ2v) is 3.93. The van der Waals surface area contributed by atoms with Crippen LogP contribution in [0, 0.1) is 0 Å². The van der Waals surface area contributed by atoms with E-state index in [4.69, 9.17) is 5.11 Å². The highest BCUT2D eigenvalue weighted by molar-refractivity contribution is 5.89. The Morgan fingerprint density at radius 3 is 2.11 bits per heavy atom. The van der Waals surface area contributed by atoms with Crippen LogP contribution in [0.4, 0.5) is 0 Å². The van der Waals surface area contributed by atoms with Crippen LogP contribution >= 0.6 is 0 Å². The highest BCUT2D eigenvalue weighted by atomic mass is 16.4. The zero-order chi connectivity index (χ0) is 14.8. The van der Waals surface area contributed by atoms with Gasteiger partial charge in [0.2, 0.25) is 17.7 Å². The van der Waals surface area contributed by atoms with E-state index in [-0.39, 0.29) is 19.0 Å². The smallest absolute Gasteiger partial charge is 0.326 e. The molecule has 0 aliphatic carbocycles. The van der Waals surface area contributed by atoms with E-state index >= 15 is 0 Å². The van der Waals surface area contributed by atoms with Gasteiger partial charge in [-0.1, -0.05) is 13.3 Å². The Bertz CT molecular complexity index is 356. The third kappa shape index (κ3) is 8.58. The molecule has 0 heterocycles. The fraction of sp³-hybridized carbons (Fsp3) is 0.636. The molecular formula is C11H19N3O5. The molecule has 4 N–H and O–H groups in total. The Morgan fingerprint density at radius 2 is 1.63 bits per heavy atom. The number of hydrogen-bond donors (Lipinski definition) is 4. The molecule has 0 fully saturated rings. The molecule has 0 saturated heterocycles. The summed E-state index contributed by atoms with van der Waals surface area (Å²) in [6.07, 6.45) is 0.938. The van der Waals surface area contributed by atoms with Crippen molar-refractivity contribution in [2.24, 2.45) is 0 Å². The maximum Gasteiger partial charge on any atom is 0.326 e. The van der Waals surface area contributed by atoms with Gasteiger partial charge in [-0.3, -0.25) is 14.4 Å². The Hall–Kier alpha value is -2.12. The van der Waals surface area contributed by atoms with Crippen molar-refractivity contribution in [3.8, 4) is 0 Å². The van der Waals surface area contributed by atoms with Crippen LogP contribution in [-0.4, -0.2) is 47.9 Å². The molecule has 0 aromatic rings. The van der Waals surface area contributed by atoms with Gasteiger partial charge in [-0.15, -0.1) is 0 Å². The predicted octanol–water partition coefficient (Wildman–Crippen LogP) is -1.39. The average Bonchev–Trinajstić information content (AvgIpc) is 2.33. The van der Waals surface area contributed by atoms with Gasteiger partial charge in [-0.2, -0.15) is 0 Å². The summed E-state index contributed by atoms with van der Waals surface area (Å²) >= 11 is 0. The van der Waals surface area contributed by atoms with Crippen LogP contribution in [0.5, 0.6) is 0 Å².